The Labute approximate surface area is 125 Å². The number of rotatable bonds is 4. The van der Waals surface area contributed by atoms with Crippen LogP contribution in [-0.4, -0.2) is 29.9 Å². The van der Waals surface area contributed by atoms with Gasteiger partial charge in [0.05, 0.1) is 5.92 Å². The molecule has 1 saturated carbocycles. The van der Waals surface area contributed by atoms with Crippen molar-refractivity contribution >= 4 is 17.5 Å². The zero-order valence-electron chi connectivity index (χ0n) is 11.6. The van der Waals surface area contributed by atoms with Crippen LogP contribution in [0.25, 0.3) is 0 Å². The van der Waals surface area contributed by atoms with Crippen molar-refractivity contribution in [2.24, 2.45) is 5.92 Å². The minimum Gasteiger partial charge on any atom is -0.353 e. The van der Waals surface area contributed by atoms with Gasteiger partial charge < -0.3 is 5.32 Å². The molecule has 1 amide bonds. The van der Waals surface area contributed by atoms with Crippen molar-refractivity contribution in [2.75, 3.05) is 13.1 Å². The number of carbonyl (C=O) groups excluding carboxylic acids is 1. The number of halogens is 1. The molecule has 1 N–H and O–H groups in total. The summed E-state index contributed by atoms with van der Waals surface area (Å²) in [5.74, 6) is 0.392. The van der Waals surface area contributed by atoms with Crippen LogP contribution in [0.1, 0.15) is 31.2 Å². The molecular formula is C16H21ClN2O. The monoisotopic (exact) mass is 292 g/mol. The summed E-state index contributed by atoms with van der Waals surface area (Å²) >= 11 is 6.21. The summed E-state index contributed by atoms with van der Waals surface area (Å²) in [5.41, 5.74) is 1.15. The molecule has 0 spiro atoms. The third-order valence-corrected chi connectivity index (χ3v) is 4.52. The Morgan fingerprint density at radius 1 is 1.30 bits per heavy atom. The van der Waals surface area contributed by atoms with Gasteiger partial charge in [-0.3, -0.25) is 9.69 Å². The van der Waals surface area contributed by atoms with E-state index < -0.39 is 0 Å². The molecule has 1 atom stereocenters. The highest BCUT2D eigenvalue weighted by Gasteiger charge is 2.30. The van der Waals surface area contributed by atoms with Gasteiger partial charge >= 0.3 is 0 Å². The van der Waals surface area contributed by atoms with E-state index in [0.717, 1.165) is 55.9 Å². The standard InChI is InChI=1S/C16H21ClN2O/c17-15-6-2-1-4-12(15)10-19-9-3-5-13(11-19)16(20)18-14-7-8-14/h1-2,4,6,13-14H,3,5,7-11H2,(H,18,20). The van der Waals surface area contributed by atoms with Crippen LogP contribution >= 0.6 is 11.6 Å². The minimum atomic E-state index is 0.145. The Bertz CT molecular complexity index is 487. The predicted molar refractivity (Wildman–Crippen MR) is 80.6 cm³/mol. The Balaban J connectivity index is 1.57. The number of nitrogens with zero attached hydrogens (tertiary/aromatic N) is 1. The zero-order valence-corrected chi connectivity index (χ0v) is 12.4. The van der Waals surface area contributed by atoms with E-state index in [1.165, 1.54) is 0 Å². The van der Waals surface area contributed by atoms with Gasteiger partial charge in [-0.2, -0.15) is 0 Å². The third kappa shape index (κ3) is 3.53. The molecule has 1 unspecified atom stereocenters. The van der Waals surface area contributed by atoms with Gasteiger partial charge in [0.2, 0.25) is 5.91 Å². The summed E-state index contributed by atoms with van der Waals surface area (Å²) in [4.78, 5) is 14.5. The summed E-state index contributed by atoms with van der Waals surface area (Å²) in [7, 11) is 0. The number of amides is 1. The second-order valence-electron chi connectivity index (χ2n) is 5.95. The van der Waals surface area contributed by atoms with Gasteiger partial charge in [0.1, 0.15) is 0 Å². The van der Waals surface area contributed by atoms with E-state index >= 15 is 0 Å². The highest BCUT2D eigenvalue weighted by Crippen LogP contribution is 2.24. The van der Waals surface area contributed by atoms with Crippen LogP contribution in [0.15, 0.2) is 24.3 Å². The molecule has 0 radical (unpaired) electrons. The fourth-order valence-corrected chi connectivity index (χ4v) is 3.02. The molecule has 2 aliphatic rings. The first kappa shape index (κ1) is 13.9. The fraction of sp³-hybridized carbons (Fsp3) is 0.562. The van der Waals surface area contributed by atoms with Crippen LogP contribution in [0, 0.1) is 5.92 Å². The third-order valence-electron chi connectivity index (χ3n) is 4.15. The van der Waals surface area contributed by atoms with Crippen molar-refractivity contribution in [3.63, 3.8) is 0 Å². The molecule has 1 saturated heterocycles. The van der Waals surface area contributed by atoms with E-state index in [4.69, 9.17) is 11.6 Å². The summed E-state index contributed by atoms with van der Waals surface area (Å²) < 4.78 is 0. The van der Waals surface area contributed by atoms with Crippen molar-refractivity contribution in [1.82, 2.24) is 10.2 Å². The predicted octanol–water partition coefficient (Wildman–Crippen LogP) is 2.83. The lowest BCUT2D eigenvalue weighted by Crippen LogP contribution is -2.43. The summed E-state index contributed by atoms with van der Waals surface area (Å²) in [6.07, 6.45) is 4.41. The van der Waals surface area contributed by atoms with E-state index in [2.05, 4.69) is 16.3 Å². The molecule has 1 aromatic carbocycles. The Kier molecular flexibility index (Phi) is 4.27. The average molecular weight is 293 g/mol. The van der Waals surface area contributed by atoms with Gasteiger partial charge in [-0.25, -0.2) is 0 Å². The molecule has 1 heterocycles. The molecule has 20 heavy (non-hydrogen) atoms. The van der Waals surface area contributed by atoms with Gasteiger partial charge in [0, 0.05) is 24.2 Å². The van der Waals surface area contributed by atoms with Crippen LogP contribution in [0.5, 0.6) is 0 Å². The lowest BCUT2D eigenvalue weighted by atomic mass is 9.96. The van der Waals surface area contributed by atoms with Crippen LogP contribution < -0.4 is 5.32 Å². The maximum Gasteiger partial charge on any atom is 0.224 e. The van der Waals surface area contributed by atoms with Crippen LogP contribution in [0.3, 0.4) is 0 Å². The lowest BCUT2D eigenvalue weighted by Gasteiger charge is -2.32. The Morgan fingerprint density at radius 2 is 2.10 bits per heavy atom. The van der Waals surface area contributed by atoms with Crippen molar-refractivity contribution in [3.05, 3.63) is 34.9 Å². The van der Waals surface area contributed by atoms with E-state index in [0.29, 0.717) is 6.04 Å². The maximum absolute atomic E-state index is 12.1. The van der Waals surface area contributed by atoms with E-state index in [1.54, 1.807) is 0 Å². The van der Waals surface area contributed by atoms with Crippen molar-refractivity contribution < 1.29 is 4.79 Å². The molecule has 2 fully saturated rings. The van der Waals surface area contributed by atoms with Gasteiger partial charge in [-0.15, -0.1) is 0 Å². The van der Waals surface area contributed by atoms with Crippen LogP contribution in [0.4, 0.5) is 0 Å². The van der Waals surface area contributed by atoms with Crippen LogP contribution in [0.2, 0.25) is 5.02 Å². The van der Waals surface area contributed by atoms with E-state index in [-0.39, 0.29) is 11.8 Å². The number of benzene rings is 1. The number of piperidine rings is 1. The van der Waals surface area contributed by atoms with Crippen molar-refractivity contribution in [3.8, 4) is 0 Å². The zero-order chi connectivity index (χ0) is 13.9. The molecule has 0 bridgehead atoms. The molecule has 1 aliphatic carbocycles. The molecule has 1 aliphatic heterocycles. The topological polar surface area (TPSA) is 32.3 Å². The first-order chi connectivity index (χ1) is 9.72. The highest BCUT2D eigenvalue weighted by atomic mass is 35.5. The van der Waals surface area contributed by atoms with E-state index in [9.17, 15) is 4.79 Å². The maximum atomic E-state index is 12.1. The van der Waals surface area contributed by atoms with Crippen LogP contribution in [-0.2, 0) is 11.3 Å². The van der Waals surface area contributed by atoms with Gasteiger partial charge in [-0.1, -0.05) is 29.8 Å². The van der Waals surface area contributed by atoms with E-state index in [1.807, 2.05) is 18.2 Å². The van der Waals surface area contributed by atoms with Gasteiger partial charge in [0.15, 0.2) is 0 Å². The van der Waals surface area contributed by atoms with Crippen molar-refractivity contribution in [2.45, 2.75) is 38.3 Å². The number of nitrogens with one attached hydrogen (secondary N) is 1. The number of carbonyl (C=O) groups is 1. The molecular weight excluding hydrogens is 272 g/mol. The Morgan fingerprint density at radius 3 is 2.85 bits per heavy atom. The lowest BCUT2D eigenvalue weighted by molar-refractivity contribution is -0.126. The average Bonchev–Trinajstić information content (AvgIpc) is 3.26. The summed E-state index contributed by atoms with van der Waals surface area (Å²) in [6.45, 7) is 2.75. The second kappa shape index (κ2) is 6.15. The highest BCUT2D eigenvalue weighted by molar-refractivity contribution is 6.31. The minimum absolute atomic E-state index is 0.145. The number of likely N-dealkylation sites (tertiary alicyclic amines) is 1. The Hall–Kier alpha value is -1.06. The SMILES string of the molecule is O=C(NC1CC1)C1CCCN(Cc2ccccc2Cl)C1. The fourth-order valence-electron chi connectivity index (χ4n) is 2.83. The normalized spacial score (nSPS) is 23.6. The van der Waals surface area contributed by atoms with Gasteiger partial charge in [0.25, 0.3) is 0 Å². The first-order valence-corrected chi connectivity index (χ1v) is 7.86. The molecule has 1 aromatic rings. The summed E-state index contributed by atoms with van der Waals surface area (Å²) in [5, 5.41) is 3.94. The molecule has 0 aromatic heterocycles. The van der Waals surface area contributed by atoms with Gasteiger partial charge in [-0.05, 0) is 43.9 Å². The summed E-state index contributed by atoms with van der Waals surface area (Å²) in [6, 6.07) is 8.42. The largest absolute Gasteiger partial charge is 0.353 e. The second-order valence-corrected chi connectivity index (χ2v) is 6.36. The molecule has 108 valence electrons. The molecule has 4 heteroatoms. The smallest absolute Gasteiger partial charge is 0.224 e. The molecule has 3 rings (SSSR count). The quantitative estimate of drug-likeness (QED) is 0.925. The van der Waals surface area contributed by atoms with Crippen molar-refractivity contribution in [1.29, 1.82) is 0 Å². The first-order valence-electron chi connectivity index (χ1n) is 7.48. The molecule has 3 nitrogen and oxygen atoms in total. The number of hydrogen-bond acceptors (Lipinski definition) is 2. The number of hydrogen-bond donors (Lipinski definition) is 1.